The van der Waals surface area contributed by atoms with Crippen molar-refractivity contribution in [2.75, 3.05) is 13.2 Å². The highest BCUT2D eigenvalue weighted by molar-refractivity contribution is 5.87. The first kappa shape index (κ1) is 25.7. The molecule has 1 aliphatic rings. The number of hydrogen-bond acceptors (Lipinski definition) is 11. The van der Waals surface area contributed by atoms with Crippen molar-refractivity contribution in [1.29, 1.82) is 0 Å². The van der Waals surface area contributed by atoms with Gasteiger partial charge in [0, 0.05) is 6.08 Å². The van der Waals surface area contributed by atoms with Gasteiger partial charge in [0.05, 0.1) is 19.1 Å². The Bertz CT molecular complexity index is 779. The molecule has 1 saturated heterocycles. The van der Waals surface area contributed by atoms with Gasteiger partial charge in [0.1, 0.15) is 42.9 Å². The van der Waals surface area contributed by atoms with E-state index in [9.17, 15) is 35.1 Å². The number of aliphatic hydroxyl groups is 5. The van der Waals surface area contributed by atoms with Crippen LogP contribution in [0.1, 0.15) is 12.0 Å². The summed E-state index contributed by atoms with van der Waals surface area (Å²) in [7, 11) is 0. The Hall–Kier alpha value is -2.58. The van der Waals surface area contributed by atoms with Crippen molar-refractivity contribution >= 4 is 18.0 Å². The number of carboxylic acid groups (broad SMARTS) is 1. The number of carboxylic acids is 1. The smallest absolute Gasteiger partial charge is 0.330 e. The lowest BCUT2D eigenvalue weighted by Crippen LogP contribution is -2.60. The largest absolute Gasteiger partial charge is 0.508 e. The van der Waals surface area contributed by atoms with E-state index in [1.165, 1.54) is 18.2 Å². The van der Waals surface area contributed by atoms with Crippen molar-refractivity contribution in [3.05, 3.63) is 35.9 Å². The summed E-state index contributed by atoms with van der Waals surface area (Å²) in [5.41, 5.74) is 0.604. The Morgan fingerprint density at radius 3 is 2.34 bits per heavy atom. The lowest BCUT2D eigenvalue weighted by atomic mass is 9.99. The molecule has 12 nitrogen and oxygen atoms in total. The molecular weight excluding hydrogens is 432 g/mol. The topological polar surface area (TPSA) is 203 Å². The predicted octanol–water partition coefficient (Wildman–Crippen LogP) is -2.03. The van der Waals surface area contributed by atoms with Gasteiger partial charge >= 0.3 is 11.9 Å². The van der Waals surface area contributed by atoms with Gasteiger partial charge in [-0.1, -0.05) is 12.1 Å². The number of phenols is 1. The van der Waals surface area contributed by atoms with Crippen LogP contribution in [0.2, 0.25) is 0 Å². The molecule has 178 valence electrons. The number of phenolic OH excluding ortho intramolecular Hbond substituents is 1. The van der Waals surface area contributed by atoms with Crippen molar-refractivity contribution in [2.45, 2.75) is 49.3 Å². The van der Waals surface area contributed by atoms with Crippen LogP contribution in [0.15, 0.2) is 30.3 Å². The van der Waals surface area contributed by atoms with E-state index in [0.29, 0.717) is 5.56 Å². The van der Waals surface area contributed by atoms with Crippen LogP contribution in [0.4, 0.5) is 0 Å². The molecule has 32 heavy (non-hydrogen) atoms. The lowest BCUT2D eigenvalue weighted by Gasteiger charge is -2.41. The maximum Gasteiger partial charge on any atom is 0.330 e. The number of rotatable bonds is 10. The summed E-state index contributed by atoms with van der Waals surface area (Å²) in [6, 6.07) is 5.97. The maximum absolute atomic E-state index is 11.9. The maximum atomic E-state index is 11.9. The van der Waals surface area contributed by atoms with E-state index in [0.717, 1.165) is 6.08 Å². The molecule has 1 aromatic rings. The van der Waals surface area contributed by atoms with Gasteiger partial charge in [-0.05, 0) is 23.8 Å². The number of benzene rings is 1. The first-order valence-corrected chi connectivity index (χ1v) is 9.62. The predicted molar refractivity (Wildman–Crippen MR) is 105 cm³/mol. The molecule has 0 saturated carbocycles. The Morgan fingerprint density at radius 1 is 1.09 bits per heavy atom. The van der Waals surface area contributed by atoms with Gasteiger partial charge in [-0.15, -0.1) is 0 Å². The number of carbonyl (C=O) groups excluding carboxylic acids is 1. The minimum atomic E-state index is -1.81. The van der Waals surface area contributed by atoms with Crippen molar-refractivity contribution in [3.8, 4) is 5.75 Å². The van der Waals surface area contributed by atoms with Crippen LogP contribution in [0.5, 0.6) is 5.75 Å². The summed E-state index contributed by atoms with van der Waals surface area (Å²) >= 11 is 0. The molecule has 1 heterocycles. The average molecular weight is 458 g/mol. The second-order valence-corrected chi connectivity index (χ2v) is 7.09. The van der Waals surface area contributed by atoms with Crippen LogP contribution in [0.3, 0.4) is 0 Å². The minimum absolute atomic E-state index is 0.0581. The van der Waals surface area contributed by atoms with Gasteiger partial charge in [-0.2, -0.15) is 0 Å². The van der Waals surface area contributed by atoms with Crippen LogP contribution in [-0.4, -0.2) is 104 Å². The SMILES string of the molecule is O=C(O)C[C@H](O[C@@H]1O[C@H](COC(=O)/C=C\c2ccc(O)cc2)[C@@H](O)[C@H](O)[C@H]1O)[C@H](O)CO. The third kappa shape index (κ3) is 7.24. The molecule has 0 unspecified atom stereocenters. The fourth-order valence-corrected chi connectivity index (χ4v) is 2.87. The third-order valence-corrected chi connectivity index (χ3v) is 4.66. The molecule has 7 N–H and O–H groups in total. The van der Waals surface area contributed by atoms with Gasteiger partial charge in [0.25, 0.3) is 0 Å². The summed E-state index contributed by atoms with van der Waals surface area (Å²) in [5.74, 6) is -2.12. The van der Waals surface area contributed by atoms with Crippen LogP contribution in [0.25, 0.3) is 6.08 Å². The van der Waals surface area contributed by atoms with Crippen LogP contribution >= 0.6 is 0 Å². The summed E-state index contributed by atoms with van der Waals surface area (Å²) in [6.45, 7) is -1.38. The molecule has 0 aliphatic carbocycles. The monoisotopic (exact) mass is 458 g/mol. The second kappa shape index (κ2) is 11.9. The molecule has 1 fully saturated rings. The Kier molecular flexibility index (Phi) is 9.53. The molecule has 2 rings (SSSR count). The molecule has 0 radical (unpaired) electrons. The molecular formula is C20H26O12. The standard InChI is InChI=1S/C20H26O12/c21-8-12(23)13(7-15(24)25)31-20-19(29)18(28)17(27)14(32-20)9-30-16(26)6-3-10-1-4-11(22)5-2-10/h1-6,12-14,17-23,27-29H,7-9H2,(H,24,25)/b6-3-/t12-,13+,14-,17-,18+,19-,20-/m1/s1. The fraction of sp³-hybridized carbons (Fsp3) is 0.500. The van der Waals surface area contributed by atoms with Crippen molar-refractivity contribution in [3.63, 3.8) is 0 Å². The molecule has 1 aromatic carbocycles. The van der Waals surface area contributed by atoms with Gasteiger partial charge in [-0.25, -0.2) is 4.79 Å². The van der Waals surface area contributed by atoms with Gasteiger partial charge < -0.3 is 50.0 Å². The molecule has 0 aromatic heterocycles. The lowest BCUT2D eigenvalue weighted by molar-refractivity contribution is -0.318. The molecule has 0 amide bonds. The second-order valence-electron chi connectivity index (χ2n) is 7.09. The molecule has 12 heteroatoms. The van der Waals surface area contributed by atoms with Crippen molar-refractivity contribution < 1.29 is 59.5 Å². The zero-order valence-electron chi connectivity index (χ0n) is 16.8. The molecule has 1 aliphatic heterocycles. The number of ether oxygens (including phenoxy) is 3. The molecule has 0 bridgehead atoms. The number of aliphatic carboxylic acids is 1. The van der Waals surface area contributed by atoms with Crippen LogP contribution in [-0.2, 0) is 23.8 Å². The minimum Gasteiger partial charge on any atom is -0.508 e. The first-order valence-electron chi connectivity index (χ1n) is 9.62. The van der Waals surface area contributed by atoms with Gasteiger partial charge in [0.2, 0.25) is 0 Å². The van der Waals surface area contributed by atoms with Gasteiger partial charge in [0.15, 0.2) is 6.29 Å². The highest BCUT2D eigenvalue weighted by Gasteiger charge is 2.46. The normalized spacial score (nSPS) is 27.7. The van der Waals surface area contributed by atoms with E-state index in [-0.39, 0.29) is 5.75 Å². The summed E-state index contributed by atoms with van der Waals surface area (Å²) < 4.78 is 15.5. The Morgan fingerprint density at radius 2 is 1.75 bits per heavy atom. The fourth-order valence-electron chi connectivity index (χ4n) is 2.87. The van der Waals surface area contributed by atoms with E-state index >= 15 is 0 Å². The number of hydrogen-bond donors (Lipinski definition) is 7. The highest BCUT2D eigenvalue weighted by atomic mass is 16.7. The van der Waals surface area contributed by atoms with E-state index < -0.39 is 74.5 Å². The average Bonchev–Trinajstić information content (AvgIpc) is 2.76. The van der Waals surface area contributed by atoms with E-state index in [1.807, 2.05) is 0 Å². The first-order chi connectivity index (χ1) is 15.1. The summed E-state index contributed by atoms with van der Waals surface area (Å²) in [4.78, 5) is 22.9. The van der Waals surface area contributed by atoms with E-state index in [4.69, 9.17) is 24.4 Å². The molecule has 0 spiro atoms. The van der Waals surface area contributed by atoms with Crippen LogP contribution in [0, 0.1) is 0 Å². The quantitative estimate of drug-likeness (QED) is 0.150. The molecule has 7 atom stereocenters. The number of esters is 1. The third-order valence-electron chi connectivity index (χ3n) is 4.66. The van der Waals surface area contributed by atoms with E-state index in [1.54, 1.807) is 12.1 Å². The van der Waals surface area contributed by atoms with Gasteiger partial charge in [-0.3, -0.25) is 4.79 Å². The highest BCUT2D eigenvalue weighted by Crippen LogP contribution is 2.25. The van der Waals surface area contributed by atoms with E-state index in [2.05, 4.69) is 0 Å². The number of aromatic hydroxyl groups is 1. The van der Waals surface area contributed by atoms with Crippen molar-refractivity contribution in [1.82, 2.24) is 0 Å². The summed E-state index contributed by atoms with van der Waals surface area (Å²) in [6.07, 6.45) is -9.65. The number of carbonyl (C=O) groups is 2. The Balaban J connectivity index is 1.98. The van der Waals surface area contributed by atoms with Crippen molar-refractivity contribution in [2.24, 2.45) is 0 Å². The zero-order valence-corrected chi connectivity index (χ0v) is 16.8. The zero-order chi connectivity index (χ0) is 23.8. The van der Waals surface area contributed by atoms with Crippen LogP contribution < -0.4 is 0 Å². The Labute approximate surface area is 182 Å². The number of aliphatic hydroxyl groups excluding tert-OH is 5. The summed E-state index contributed by atoms with van der Waals surface area (Å²) in [5, 5.41) is 67.2.